The van der Waals surface area contributed by atoms with Crippen molar-refractivity contribution in [3.63, 3.8) is 0 Å². The topological polar surface area (TPSA) is 25.8 Å². The highest BCUT2D eigenvalue weighted by molar-refractivity contribution is 6.40. The number of aromatic nitrogens is 2. The van der Waals surface area contributed by atoms with Crippen LogP contribution in [-0.4, -0.2) is 9.97 Å². The largest absolute Gasteiger partial charge is 0.236 e. The van der Waals surface area contributed by atoms with Crippen LogP contribution in [0.5, 0.6) is 0 Å². The molecule has 80 valence electrons. The quantitative estimate of drug-likeness (QED) is 0.705. The number of allylic oxidation sites excluding steroid dienone is 5. The van der Waals surface area contributed by atoms with Crippen LogP contribution >= 0.6 is 23.2 Å². The second-order valence-corrected chi connectivity index (χ2v) is 4.55. The van der Waals surface area contributed by atoms with Gasteiger partial charge in [-0.05, 0) is 11.6 Å². The van der Waals surface area contributed by atoms with Crippen molar-refractivity contribution in [1.29, 1.82) is 0 Å². The number of hydrogen-bond donors (Lipinski definition) is 0. The van der Waals surface area contributed by atoms with E-state index >= 15 is 0 Å². The predicted molar refractivity (Wildman–Crippen MR) is 65.5 cm³/mol. The SMILES string of the molecule is Clc1nc2c(nc1Cl)CC1C=CC=CC1=C2. The highest BCUT2D eigenvalue weighted by Crippen LogP contribution is 2.32. The van der Waals surface area contributed by atoms with Crippen molar-refractivity contribution in [2.24, 2.45) is 5.92 Å². The first-order valence-electron chi connectivity index (χ1n) is 5.02. The number of nitrogens with zero attached hydrogens (tertiary/aromatic N) is 2. The van der Waals surface area contributed by atoms with E-state index in [1.54, 1.807) is 0 Å². The molecule has 0 spiro atoms. The third kappa shape index (κ3) is 1.58. The molecule has 0 bridgehead atoms. The van der Waals surface area contributed by atoms with E-state index in [-0.39, 0.29) is 10.3 Å². The van der Waals surface area contributed by atoms with Gasteiger partial charge in [-0.3, -0.25) is 0 Å². The fourth-order valence-electron chi connectivity index (χ4n) is 2.01. The van der Waals surface area contributed by atoms with Crippen LogP contribution in [0.2, 0.25) is 10.3 Å². The Morgan fingerprint density at radius 2 is 1.94 bits per heavy atom. The van der Waals surface area contributed by atoms with E-state index in [4.69, 9.17) is 23.2 Å². The molecule has 0 saturated carbocycles. The lowest BCUT2D eigenvalue weighted by atomic mass is 9.85. The average molecular weight is 251 g/mol. The summed E-state index contributed by atoms with van der Waals surface area (Å²) in [7, 11) is 0. The van der Waals surface area contributed by atoms with Crippen molar-refractivity contribution in [3.05, 3.63) is 51.6 Å². The highest BCUT2D eigenvalue weighted by atomic mass is 35.5. The Bertz CT molecular complexity index is 544. The molecule has 1 aromatic rings. The Morgan fingerprint density at radius 1 is 1.12 bits per heavy atom. The van der Waals surface area contributed by atoms with Crippen molar-refractivity contribution in [2.75, 3.05) is 0 Å². The zero-order valence-corrected chi connectivity index (χ0v) is 9.83. The van der Waals surface area contributed by atoms with Gasteiger partial charge in [-0.25, -0.2) is 9.97 Å². The minimum Gasteiger partial charge on any atom is -0.236 e. The molecule has 0 N–H and O–H groups in total. The van der Waals surface area contributed by atoms with Gasteiger partial charge in [0.05, 0.1) is 11.4 Å². The highest BCUT2D eigenvalue weighted by Gasteiger charge is 2.22. The lowest BCUT2D eigenvalue weighted by Gasteiger charge is -2.22. The monoisotopic (exact) mass is 250 g/mol. The van der Waals surface area contributed by atoms with Crippen molar-refractivity contribution in [1.82, 2.24) is 9.97 Å². The maximum absolute atomic E-state index is 5.86. The summed E-state index contributed by atoms with van der Waals surface area (Å²) in [6, 6.07) is 0. The minimum absolute atomic E-state index is 0.269. The normalized spacial score (nSPS) is 21.4. The maximum Gasteiger partial charge on any atom is 0.167 e. The molecule has 2 aliphatic carbocycles. The molecule has 3 rings (SSSR count). The van der Waals surface area contributed by atoms with Crippen LogP contribution in [0.3, 0.4) is 0 Å². The fourth-order valence-corrected chi connectivity index (χ4v) is 2.29. The molecule has 0 aromatic carbocycles. The van der Waals surface area contributed by atoms with E-state index in [9.17, 15) is 0 Å². The molecule has 2 nitrogen and oxygen atoms in total. The smallest absolute Gasteiger partial charge is 0.167 e. The summed E-state index contributed by atoms with van der Waals surface area (Å²) < 4.78 is 0. The van der Waals surface area contributed by atoms with E-state index in [1.807, 2.05) is 12.2 Å². The Labute approximate surface area is 103 Å². The molecular formula is C12H8Cl2N2. The molecular weight excluding hydrogens is 243 g/mol. The molecule has 1 aromatic heterocycles. The first-order chi connectivity index (χ1) is 7.74. The predicted octanol–water partition coefficient (Wildman–Crippen LogP) is 3.47. The Hall–Kier alpha value is -1.12. The van der Waals surface area contributed by atoms with Gasteiger partial charge < -0.3 is 0 Å². The molecule has 1 unspecified atom stereocenters. The first kappa shape index (κ1) is 10.1. The zero-order valence-electron chi connectivity index (χ0n) is 8.32. The van der Waals surface area contributed by atoms with Crippen LogP contribution in [0, 0.1) is 5.92 Å². The lowest BCUT2D eigenvalue weighted by Crippen LogP contribution is -2.14. The van der Waals surface area contributed by atoms with Gasteiger partial charge in [0, 0.05) is 12.3 Å². The van der Waals surface area contributed by atoms with Crippen molar-refractivity contribution in [2.45, 2.75) is 6.42 Å². The van der Waals surface area contributed by atoms with Crippen LogP contribution in [0.4, 0.5) is 0 Å². The molecule has 2 aliphatic rings. The first-order valence-corrected chi connectivity index (χ1v) is 5.78. The molecule has 1 heterocycles. The molecule has 1 atom stereocenters. The summed E-state index contributed by atoms with van der Waals surface area (Å²) in [5, 5.41) is 0.554. The molecule has 0 radical (unpaired) electrons. The number of halogens is 2. The zero-order chi connectivity index (χ0) is 11.1. The molecule has 16 heavy (non-hydrogen) atoms. The summed E-state index contributed by atoms with van der Waals surface area (Å²) in [5.41, 5.74) is 3.01. The van der Waals surface area contributed by atoms with Crippen LogP contribution in [-0.2, 0) is 6.42 Å². The number of hydrogen-bond acceptors (Lipinski definition) is 2. The van der Waals surface area contributed by atoms with E-state index in [2.05, 4.69) is 28.2 Å². The minimum atomic E-state index is 0.269. The lowest BCUT2D eigenvalue weighted by molar-refractivity contribution is 0.730. The van der Waals surface area contributed by atoms with Crippen molar-refractivity contribution in [3.8, 4) is 0 Å². The van der Waals surface area contributed by atoms with E-state index < -0.39 is 0 Å². The third-order valence-electron chi connectivity index (χ3n) is 2.81. The Balaban J connectivity index is 2.14. The van der Waals surface area contributed by atoms with Gasteiger partial charge >= 0.3 is 0 Å². The van der Waals surface area contributed by atoms with Crippen LogP contribution in [0.15, 0.2) is 29.9 Å². The summed E-state index contributed by atoms with van der Waals surface area (Å²) in [4.78, 5) is 8.51. The Kier molecular flexibility index (Phi) is 2.34. The van der Waals surface area contributed by atoms with Crippen LogP contribution < -0.4 is 0 Å². The van der Waals surface area contributed by atoms with E-state index in [0.717, 1.165) is 17.8 Å². The molecule has 0 amide bonds. The number of rotatable bonds is 0. The standard InChI is InChI=1S/C12H8Cl2N2/c13-11-12(14)16-10-6-8-4-2-1-3-7(8)5-9(10)15-11/h1-5,8H,6H2. The van der Waals surface area contributed by atoms with Crippen LogP contribution in [0.1, 0.15) is 11.4 Å². The number of fused-ring (bicyclic) bond motifs is 2. The third-order valence-corrected chi connectivity index (χ3v) is 3.43. The summed E-state index contributed by atoms with van der Waals surface area (Å²) >= 11 is 11.7. The average Bonchev–Trinajstić information content (AvgIpc) is 2.28. The van der Waals surface area contributed by atoms with Crippen LogP contribution in [0.25, 0.3) is 6.08 Å². The van der Waals surface area contributed by atoms with Gasteiger partial charge in [0.1, 0.15) is 0 Å². The molecule has 0 fully saturated rings. The van der Waals surface area contributed by atoms with E-state index in [1.165, 1.54) is 5.57 Å². The van der Waals surface area contributed by atoms with Gasteiger partial charge in [-0.15, -0.1) is 0 Å². The second-order valence-electron chi connectivity index (χ2n) is 3.84. The van der Waals surface area contributed by atoms with Crippen molar-refractivity contribution >= 4 is 29.3 Å². The van der Waals surface area contributed by atoms with Gasteiger partial charge in [0.15, 0.2) is 10.3 Å². The van der Waals surface area contributed by atoms with Gasteiger partial charge in [0.25, 0.3) is 0 Å². The summed E-state index contributed by atoms with van der Waals surface area (Å²) in [6.07, 6.45) is 11.2. The molecule has 0 saturated heterocycles. The van der Waals surface area contributed by atoms with Gasteiger partial charge in [-0.2, -0.15) is 0 Å². The summed E-state index contributed by atoms with van der Waals surface area (Å²) in [5.74, 6) is 0.393. The van der Waals surface area contributed by atoms with Gasteiger partial charge in [-0.1, -0.05) is 47.5 Å². The molecule has 0 aliphatic heterocycles. The van der Waals surface area contributed by atoms with E-state index in [0.29, 0.717) is 5.92 Å². The summed E-state index contributed by atoms with van der Waals surface area (Å²) in [6.45, 7) is 0. The maximum atomic E-state index is 5.86. The second kappa shape index (κ2) is 3.72. The molecule has 4 heteroatoms. The Morgan fingerprint density at radius 3 is 2.81 bits per heavy atom. The van der Waals surface area contributed by atoms with Gasteiger partial charge in [0.2, 0.25) is 0 Å². The van der Waals surface area contributed by atoms with Crippen molar-refractivity contribution < 1.29 is 0 Å². The fraction of sp³-hybridized carbons (Fsp3) is 0.167.